The summed E-state index contributed by atoms with van der Waals surface area (Å²) in [7, 11) is 0. The van der Waals surface area contributed by atoms with Crippen LogP contribution in [-0.2, 0) is 11.3 Å². The van der Waals surface area contributed by atoms with Crippen molar-refractivity contribution in [3.05, 3.63) is 30.1 Å². The Kier molecular flexibility index (Phi) is 3.80. The highest BCUT2D eigenvalue weighted by Gasteiger charge is 2.20. The van der Waals surface area contributed by atoms with Crippen LogP contribution in [0.15, 0.2) is 24.4 Å². The molecule has 0 aromatic carbocycles. The summed E-state index contributed by atoms with van der Waals surface area (Å²) in [6.07, 6.45) is 1.82. The maximum atomic E-state index is 10.6. The summed E-state index contributed by atoms with van der Waals surface area (Å²) in [5, 5.41) is 11.9. The van der Waals surface area contributed by atoms with Gasteiger partial charge >= 0.3 is 5.97 Å². The fourth-order valence-electron chi connectivity index (χ4n) is 1.27. The fraction of sp³-hybridized carbons (Fsp3) is 0.455. The molecule has 15 heavy (non-hydrogen) atoms. The van der Waals surface area contributed by atoms with E-state index in [1.165, 1.54) is 0 Å². The number of aromatic nitrogens is 1. The Labute approximate surface area is 89.3 Å². The van der Waals surface area contributed by atoms with E-state index in [1.807, 2.05) is 32.0 Å². The van der Waals surface area contributed by atoms with Crippen LogP contribution in [0.25, 0.3) is 0 Å². The average molecular weight is 208 g/mol. The lowest BCUT2D eigenvalue weighted by molar-refractivity contribution is -0.138. The normalized spacial score (nSPS) is 11.3. The third-order valence-corrected chi connectivity index (χ3v) is 2.07. The molecule has 0 aliphatic heterocycles. The van der Waals surface area contributed by atoms with Crippen LogP contribution >= 0.6 is 0 Å². The van der Waals surface area contributed by atoms with E-state index in [0.29, 0.717) is 6.54 Å². The molecule has 0 saturated carbocycles. The molecule has 0 amide bonds. The van der Waals surface area contributed by atoms with Gasteiger partial charge in [0.2, 0.25) is 0 Å². The lowest BCUT2D eigenvalue weighted by atomic mass is 10.0. The van der Waals surface area contributed by atoms with Crippen molar-refractivity contribution in [2.75, 3.05) is 0 Å². The van der Waals surface area contributed by atoms with E-state index < -0.39 is 11.5 Å². The molecule has 0 unspecified atom stereocenters. The molecule has 0 atom stereocenters. The van der Waals surface area contributed by atoms with Crippen LogP contribution in [0.4, 0.5) is 0 Å². The molecule has 4 nitrogen and oxygen atoms in total. The van der Waals surface area contributed by atoms with Crippen molar-refractivity contribution in [2.45, 2.75) is 32.4 Å². The lowest BCUT2D eigenvalue weighted by Crippen LogP contribution is -2.40. The molecule has 1 rings (SSSR count). The summed E-state index contributed by atoms with van der Waals surface area (Å²) in [6, 6.07) is 5.67. The quantitative estimate of drug-likeness (QED) is 0.768. The summed E-state index contributed by atoms with van der Waals surface area (Å²) in [5.41, 5.74) is 0.500. The topological polar surface area (TPSA) is 62.2 Å². The summed E-state index contributed by atoms with van der Waals surface area (Å²) in [6.45, 7) is 4.31. The minimum absolute atomic E-state index is 0.0971. The molecule has 1 aromatic heterocycles. The van der Waals surface area contributed by atoms with E-state index in [1.54, 1.807) is 6.20 Å². The van der Waals surface area contributed by atoms with E-state index in [2.05, 4.69) is 10.3 Å². The van der Waals surface area contributed by atoms with Crippen LogP contribution in [0.3, 0.4) is 0 Å². The van der Waals surface area contributed by atoms with E-state index in [9.17, 15) is 4.79 Å². The number of pyridine rings is 1. The van der Waals surface area contributed by atoms with E-state index >= 15 is 0 Å². The van der Waals surface area contributed by atoms with Gasteiger partial charge in [-0.1, -0.05) is 6.07 Å². The number of carboxylic acids is 1. The number of nitrogens with one attached hydrogen (secondary N) is 1. The number of carboxylic acid groups (broad SMARTS) is 1. The molecule has 0 saturated heterocycles. The van der Waals surface area contributed by atoms with E-state index in [0.717, 1.165) is 5.69 Å². The van der Waals surface area contributed by atoms with E-state index in [-0.39, 0.29) is 6.42 Å². The summed E-state index contributed by atoms with van der Waals surface area (Å²) in [4.78, 5) is 14.7. The van der Waals surface area contributed by atoms with Crippen LogP contribution in [-0.4, -0.2) is 21.6 Å². The Morgan fingerprint density at radius 2 is 2.27 bits per heavy atom. The first-order valence-electron chi connectivity index (χ1n) is 4.86. The first-order chi connectivity index (χ1) is 6.99. The largest absolute Gasteiger partial charge is 0.481 e. The molecule has 2 N–H and O–H groups in total. The smallest absolute Gasteiger partial charge is 0.305 e. The van der Waals surface area contributed by atoms with Crippen LogP contribution in [0.2, 0.25) is 0 Å². The molecule has 0 fully saturated rings. The second-order valence-electron chi connectivity index (χ2n) is 4.13. The van der Waals surface area contributed by atoms with Crippen LogP contribution in [0.5, 0.6) is 0 Å². The number of rotatable bonds is 5. The number of hydrogen-bond donors (Lipinski definition) is 2. The number of hydrogen-bond acceptors (Lipinski definition) is 3. The van der Waals surface area contributed by atoms with Gasteiger partial charge in [0.15, 0.2) is 0 Å². The summed E-state index contributed by atoms with van der Waals surface area (Å²) >= 11 is 0. The third kappa shape index (κ3) is 4.56. The molecule has 0 aliphatic carbocycles. The zero-order valence-corrected chi connectivity index (χ0v) is 9.03. The molecule has 0 radical (unpaired) electrons. The van der Waals surface area contributed by atoms with Crippen molar-refractivity contribution in [1.82, 2.24) is 10.3 Å². The van der Waals surface area contributed by atoms with Crippen molar-refractivity contribution in [2.24, 2.45) is 0 Å². The first-order valence-corrected chi connectivity index (χ1v) is 4.86. The predicted octanol–water partition coefficient (Wildman–Crippen LogP) is 1.42. The van der Waals surface area contributed by atoms with Gasteiger partial charge in [-0.3, -0.25) is 9.78 Å². The zero-order valence-electron chi connectivity index (χ0n) is 9.03. The van der Waals surface area contributed by atoms with Gasteiger partial charge in [-0.25, -0.2) is 0 Å². The Bertz CT molecular complexity index is 323. The van der Waals surface area contributed by atoms with Crippen molar-refractivity contribution in [1.29, 1.82) is 0 Å². The first kappa shape index (κ1) is 11.7. The predicted molar refractivity (Wildman–Crippen MR) is 57.4 cm³/mol. The Morgan fingerprint density at radius 3 is 2.80 bits per heavy atom. The van der Waals surface area contributed by atoms with Gasteiger partial charge in [-0.05, 0) is 26.0 Å². The van der Waals surface area contributed by atoms with Crippen molar-refractivity contribution < 1.29 is 9.90 Å². The second-order valence-corrected chi connectivity index (χ2v) is 4.13. The van der Waals surface area contributed by atoms with Crippen LogP contribution < -0.4 is 5.32 Å². The molecule has 1 heterocycles. The fourth-order valence-corrected chi connectivity index (χ4v) is 1.27. The Balaban J connectivity index is 2.46. The molecule has 0 aliphatic rings. The van der Waals surface area contributed by atoms with Gasteiger partial charge in [-0.15, -0.1) is 0 Å². The van der Waals surface area contributed by atoms with Gasteiger partial charge in [0.1, 0.15) is 0 Å². The maximum Gasteiger partial charge on any atom is 0.305 e. The Morgan fingerprint density at radius 1 is 1.53 bits per heavy atom. The molecular weight excluding hydrogens is 192 g/mol. The van der Waals surface area contributed by atoms with Gasteiger partial charge < -0.3 is 10.4 Å². The minimum Gasteiger partial charge on any atom is -0.481 e. The molecule has 0 bridgehead atoms. The second kappa shape index (κ2) is 4.89. The molecular formula is C11H16N2O2. The highest BCUT2D eigenvalue weighted by atomic mass is 16.4. The van der Waals surface area contributed by atoms with Gasteiger partial charge in [0.05, 0.1) is 12.1 Å². The number of aliphatic carboxylic acids is 1. The highest BCUT2D eigenvalue weighted by molar-refractivity contribution is 5.68. The third-order valence-electron chi connectivity index (χ3n) is 2.07. The lowest BCUT2D eigenvalue weighted by Gasteiger charge is -2.24. The number of nitrogens with zero attached hydrogens (tertiary/aromatic N) is 1. The maximum absolute atomic E-state index is 10.6. The molecule has 82 valence electrons. The number of carbonyl (C=O) groups is 1. The van der Waals surface area contributed by atoms with E-state index in [4.69, 9.17) is 5.11 Å². The Hall–Kier alpha value is -1.42. The van der Waals surface area contributed by atoms with Gasteiger partial charge in [0, 0.05) is 18.3 Å². The van der Waals surface area contributed by atoms with Crippen molar-refractivity contribution in [3.63, 3.8) is 0 Å². The monoisotopic (exact) mass is 208 g/mol. The summed E-state index contributed by atoms with van der Waals surface area (Å²) < 4.78 is 0. The van der Waals surface area contributed by atoms with Crippen molar-refractivity contribution in [3.8, 4) is 0 Å². The van der Waals surface area contributed by atoms with Gasteiger partial charge in [-0.2, -0.15) is 0 Å². The minimum atomic E-state index is -0.798. The SMILES string of the molecule is CC(C)(CC(=O)O)NCc1ccccn1. The highest BCUT2D eigenvalue weighted by Crippen LogP contribution is 2.09. The molecule has 0 spiro atoms. The van der Waals surface area contributed by atoms with Gasteiger partial charge in [0.25, 0.3) is 0 Å². The standard InChI is InChI=1S/C11H16N2O2/c1-11(2,7-10(14)15)13-8-9-5-3-4-6-12-9/h3-6,13H,7-8H2,1-2H3,(H,14,15). The average Bonchev–Trinajstić information content (AvgIpc) is 2.15. The van der Waals surface area contributed by atoms with Crippen molar-refractivity contribution >= 4 is 5.97 Å². The molecule has 4 heteroatoms. The van der Waals surface area contributed by atoms with Crippen LogP contribution in [0.1, 0.15) is 26.0 Å². The van der Waals surface area contributed by atoms with Crippen LogP contribution in [0, 0.1) is 0 Å². The zero-order chi connectivity index (χ0) is 11.3. The summed E-state index contributed by atoms with van der Waals surface area (Å²) in [5.74, 6) is -0.798. The molecule has 1 aromatic rings.